The number of nitrogen functional groups attached to an aromatic ring is 1. The van der Waals surface area contributed by atoms with Crippen LogP contribution in [0.5, 0.6) is 0 Å². The molecule has 0 spiro atoms. The number of aliphatic hydroxyl groups excluding tert-OH is 3. The Balaban J connectivity index is 0.000000206. The molecule has 2 aliphatic rings. The molecule has 10 nitrogen and oxygen atoms in total. The molecule has 2 fully saturated rings. The van der Waals surface area contributed by atoms with Gasteiger partial charge in [-0.15, -0.1) is 0 Å². The van der Waals surface area contributed by atoms with Crippen molar-refractivity contribution in [3.8, 4) is 0 Å². The molecule has 2 aromatic heterocycles. The van der Waals surface area contributed by atoms with E-state index in [2.05, 4.69) is 15.6 Å². The molecule has 4 rings (SSSR count). The van der Waals surface area contributed by atoms with Crippen molar-refractivity contribution < 1.29 is 20.1 Å². The highest BCUT2D eigenvalue weighted by atomic mass is 32.1. The van der Waals surface area contributed by atoms with Crippen LogP contribution >= 0.6 is 11.3 Å². The summed E-state index contributed by atoms with van der Waals surface area (Å²) < 4.78 is 6.19. The zero-order valence-electron chi connectivity index (χ0n) is 15.3. The van der Waals surface area contributed by atoms with Crippen molar-refractivity contribution >= 4 is 17.2 Å². The lowest BCUT2D eigenvalue weighted by molar-refractivity contribution is -0.0549. The Hall–Kier alpha value is -1.86. The van der Waals surface area contributed by atoms with Gasteiger partial charge < -0.3 is 36.4 Å². The SMILES string of the molecule is C1CNCCN1.Nc1ccn([C@@H]2O[C@H](CO)[C@@H](O)[C@H]2O)c(=O)n1.c1ccsc1. The van der Waals surface area contributed by atoms with Crippen LogP contribution in [-0.4, -0.2) is 76.0 Å². The van der Waals surface area contributed by atoms with E-state index in [1.54, 1.807) is 11.3 Å². The first-order valence-electron chi connectivity index (χ1n) is 8.90. The number of nitrogens with zero attached hydrogens (tertiary/aromatic N) is 2. The van der Waals surface area contributed by atoms with E-state index in [0.29, 0.717) is 0 Å². The van der Waals surface area contributed by atoms with Crippen LogP contribution in [0.15, 0.2) is 40.0 Å². The van der Waals surface area contributed by atoms with Crippen molar-refractivity contribution in [1.29, 1.82) is 0 Å². The van der Waals surface area contributed by atoms with E-state index in [1.165, 1.54) is 12.3 Å². The Morgan fingerprint density at radius 2 is 1.79 bits per heavy atom. The zero-order chi connectivity index (χ0) is 20.4. The number of aliphatic hydroxyl groups is 3. The molecule has 0 aromatic carbocycles. The lowest BCUT2D eigenvalue weighted by Crippen LogP contribution is -2.39. The van der Waals surface area contributed by atoms with Crippen molar-refractivity contribution in [3.63, 3.8) is 0 Å². The van der Waals surface area contributed by atoms with Gasteiger partial charge in [0.05, 0.1) is 6.61 Å². The predicted octanol–water partition coefficient (Wildman–Crippen LogP) is -1.64. The fourth-order valence-corrected chi connectivity index (χ4v) is 3.01. The van der Waals surface area contributed by atoms with Crippen molar-refractivity contribution in [2.75, 3.05) is 38.5 Å². The van der Waals surface area contributed by atoms with Crippen LogP contribution in [-0.2, 0) is 4.74 Å². The van der Waals surface area contributed by atoms with Gasteiger partial charge in [-0.1, -0.05) is 12.1 Å². The number of nitrogens with two attached hydrogens (primary N) is 1. The number of piperazine rings is 1. The smallest absolute Gasteiger partial charge is 0.351 e. The Labute approximate surface area is 166 Å². The fourth-order valence-electron chi connectivity index (χ4n) is 2.56. The molecule has 0 amide bonds. The molecule has 0 radical (unpaired) electrons. The molecule has 7 N–H and O–H groups in total. The summed E-state index contributed by atoms with van der Waals surface area (Å²) >= 11 is 1.71. The van der Waals surface area contributed by atoms with E-state index in [-0.39, 0.29) is 5.82 Å². The molecule has 2 saturated heterocycles. The summed E-state index contributed by atoms with van der Waals surface area (Å²) in [6.07, 6.45) is -3.27. The number of ether oxygens (including phenoxy) is 1. The summed E-state index contributed by atoms with van der Waals surface area (Å²) in [6, 6.07) is 5.41. The minimum atomic E-state index is -1.31. The fraction of sp³-hybridized carbons (Fsp3) is 0.529. The predicted molar refractivity (Wildman–Crippen MR) is 106 cm³/mol. The van der Waals surface area contributed by atoms with E-state index < -0.39 is 36.8 Å². The average Bonchev–Trinajstić information content (AvgIpc) is 3.38. The zero-order valence-corrected chi connectivity index (χ0v) is 16.2. The molecule has 0 bridgehead atoms. The number of anilines is 1. The van der Waals surface area contributed by atoms with Gasteiger partial charge in [0.15, 0.2) is 6.23 Å². The van der Waals surface area contributed by atoms with Gasteiger partial charge >= 0.3 is 5.69 Å². The lowest BCUT2D eigenvalue weighted by atomic mass is 10.1. The standard InChI is InChI=1S/C9H13N3O5.C4H10N2.C4H4S/c10-5-1-2-12(9(16)11-5)8-7(15)6(14)4(3-13)17-8;1-2-6-4-3-5-1;1-2-4-5-3-1/h1-2,4,6-8,13-15H,3H2,(H2,10,11,16);5-6H,1-4H2;1-4H/t4-,6-,7-,8-;;/m1../s1. The van der Waals surface area contributed by atoms with Crippen molar-refractivity contribution in [1.82, 2.24) is 20.2 Å². The molecule has 4 atom stereocenters. The first-order valence-corrected chi connectivity index (χ1v) is 9.84. The molecule has 0 unspecified atom stereocenters. The van der Waals surface area contributed by atoms with E-state index in [0.717, 1.165) is 30.7 Å². The van der Waals surface area contributed by atoms with E-state index in [4.69, 9.17) is 15.6 Å². The monoisotopic (exact) mass is 413 g/mol. The normalized spacial score (nSPS) is 26.5. The molecule has 156 valence electrons. The Morgan fingerprint density at radius 1 is 1.18 bits per heavy atom. The van der Waals surface area contributed by atoms with Gasteiger partial charge in [0, 0.05) is 32.4 Å². The first kappa shape index (κ1) is 22.4. The number of hydrogen-bond acceptors (Lipinski definition) is 10. The summed E-state index contributed by atoms with van der Waals surface area (Å²) in [5, 5.41) is 38.7. The Kier molecular flexibility index (Phi) is 9.50. The van der Waals surface area contributed by atoms with Gasteiger partial charge in [-0.3, -0.25) is 4.57 Å². The first-order chi connectivity index (χ1) is 13.5. The number of aromatic nitrogens is 2. The summed E-state index contributed by atoms with van der Waals surface area (Å²) in [6.45, 7) is 4.10. The highest BCUT2D eigenvalue weighted by Gasteiger charge is 2.43. The van der Waals surface area contributed by atoms with Crippen LogP contribution < -0.4 is 22.1 Å². The molecule has 4 heterocycles. The molecular formula is C17H27N5O5S. The van der Waals surface area contributed by atoms with E-state index >= 15 is 0 Å². The minimum Gasteiger partial charge on any atom is -0.394 e. The molecule has 2 aromatic rings. The highest BCUT2D eigenvalue weighted by Crippen LogP contribution is 2.27. The molecule has 0 aliphatic carbocycles. The molecule has 0 saturated carbocycles. The van der Waals surface area contributed by atoms with E-state index in [1.807, 2.05) is 22.9 Å². The van der Waals surface area contributed by atoms with Gasteiger partial charge in [0.1, 0.15) is 24.1 Å². The summed E-state index contributed by atoms with van der Waals surface area (Å²) in [5.41, 5.74) is 4.63. The van der Waals surface area contributed by atoms with Crippen LogP contribution in [0.2, 0.25) is 0 Å². The highest BCUT2D eigenvalue weighted by molar-refractivity contribution is 7.07. The minimum absolute atomic E-state index is 0.0537. The third kappa shape index (κ3) is 6.63. The topological polar surface area (TPSA) is 155 Å². The summed E-state index contributed by atoms with van der Waals surface area (Å²) in [4.78, 5) is 15.0. The van der Waals surface area contributed by atoms with Gasteiger partial charge in [-0.25, -0.2) is 4.79 Å². The van der Waals surface area contributed by atoms with Crippen LogP contribution in [0.25, 0.3) is 0 Å². The third-order valence-electron chi connectivity index (χ3n) is 4.03. The van der Waals surface area contributed by atoms with Crippen LogP contribution in [0, 0.1) is 0 Å². The van der Waals surface area contributed by atoms with Crippen LogP contribution in [0.1, 0.15) is 6.23 Å². The van der Waals surface area contributed by atoms with Gasteiger partial charge in [-0.2, -0.15) is 16.3 Å². The van der Waals surface area contributed by atoms with Crippen LogP contribution in [0.3, 0.4) is 0 Å². The second-order valence-electron chi connectivity index (χ2n) is 6.06. The Bertz CT molecular complexity index is 696. The quantitative estimate of drug-likeness (QED) is 0.340. The lowest BCUT2D eigenvalue weighted by Gasteiger charge is -2.16. The largest absolute Gasteiger partial charge is 0.394 e. The Morgan fingerprint density at radius 3 is 2.18 bits per heavy atom. The summed E-state index contributed by atoms with van der Waals surface area (Å²) in [5.74, 6) is 0.0537. The molecular weight excluding hydrogens is 386 g/mol. The molecule has 28 heavy (non-hydrogen) atoms. The number of thiophene rings is 1. The third-order valence-corrected chi connectivity index (χ3v) is 4.65. The van der Waals surface area contributed by atoms with Crippen molar-refractivity contribution in [2.45, 2.75) is 24.5 Å². The van der Waals surface area contributed by atoms with Gasteiger partial charge in [0.25, 0.3) is 0 Å². The molecule has 11 heteroatoms. The van der Waals surface area contributed by atoms with Gasteiger partial charge in [0.2, 0.25) is 0 Å². The average molecular weight is 414 g/mol. The van der Waals surface area contributed by atoms with Crippen molar-refractivity contribution in [2.24, 2.45) is 0 Å². The van der Waals surface area contributed by atoms with E-state index in [9.17, 15) is 15.0 Å². The maximum absolute atomic E-state index is 11.5. The maximum atomic E-state index is 11.5. The molecule has 2 aliphatic heterocycles. The second kappa shape index (κ2) is 11.9. The van der Waals surface area contributed by atoms with Crippen molar-refractivity contribution in [3.05, 3.63) is 45.6 Å². The summed E-state index contributed by atoms with van der Waals surface area (Å²) in [7, 11) is 0. The maximum Gasteiger partial charge on any atom is 0.351 e. The number of hydrogen-bond donors (Lipinski definition) is 6. The number of nitrogens with one attached hydrogen (secondary N) is 2. The second-order valence-corrected chi connectivity index (χ2v) is 6.88. The van der Waals surface area contributed by atoms with Crippen LogP contribution in [0.4, 0.5) is 5.82 Å². The van der Waals surface area contributed by atoms with Gasteiger partial charge in [-0.05, 0) is 16.8 Å². The number of rotatable bonds is 2.